The van der Waals surface area contributed by atoms with Gasteiger partial charge in [-0.25, -0.2) is 8.42 Å². The maximum Gasteiger partial charge on any atom is 0.289 e. The summed E-state index contributed by atoms with van der Waals surface area (Å²) in [5, 5.41) is 11.1. The van der Waals surface area contributed by atoms with Crippen molar-refractivity contribution in [3.63, 3.8) is 0 Å². The minimum absolute atomic E-state index is 0.229. The highest BCUT2D eigenvalue weighted by molar-refractivity contribution is 7.89. The third-order valence-corrected chi connectivity index (χ3v) is 6.69. The van der Waals surface area contributed by atoms with Gasteiger partial charge >= 0.3 is 0 Å². The van der Waals surface area contributed by atoms with E-state index in [-0.39, 0.29) is 16.7 Å². The molecule has 2 fully saturated rings. The summed E-state index contributed by atoms with van der Waals surface area (Å²) in [6.45, 7) is 3.51. The molecule has 138 valence electrons. The van der Waals surface area contributed by atoms with Gasteiger partial charge in [0.1, 0.15) is 0 Å². The van der Waals surface area contributed by atoms with Crippen LogP contribution >= 0.6 is 0 Å². The quantitative estimate of drug-likeness (QED) is 0.576. The van der Waals surface area contributed by atoms with Crippen LogP contribution in [0.4, 0.5) is 5.69 Å². The van der Waals surface area contributed by atoms with Crippen LogP contribution in [0.1, 0.15) is 19.3 Å². The summed E-state index contributed by atoms with van der Waals surface area (Å²) >= 11 is 0. The molecule has 0 unspecified atom stereocenters. The van der Waals surface area contributed by atoms with Crippen molar-refractivity contribution in [2.45, 2.75) is 30.3 Å². The Morgan fingerprint density at radius 2 is 1.88 bits per heavy atom. The Balaban J connectivity index is 1.64. The number of hydrogen-bond acceptors (Lipinski definition) is 6. The number of nitrogens with zero attached hydrogens (tertiary/aromatic N) is 3. The second-order valence-corrected chi connectivity index (χ2v) is 8.32. The molecule has 1 aromatic carbocycles. The second-order valence-electron chi connectivity index (χ2n) is 6.42. The van der Waals surface area contributed by atoms with Crippen LogP contribution in [0, 0.1) is 10.1 Å². The van der Waals surface area contributed by atoms with Gasteiger partial charge in [-0.3, -0.25) is 15.0 Å². The minimum Gasteiger partial charge on any atom is -0.377 e. The zero-order valence-corrected chi connectivity index (χ0v) is 14.9. The molecule has 2 aliphatic rings. The monoisotopic (exact) mass is 369 g/mol. The predicted octanol–water partition coefficient (Wildman–Crippen LogP) is 1.47. The summed E-state index contributed by atoms with van der Waals surface area (Å²) in [6.07, 6.45) is 3.57. The highest BCUT2D eigenvalue weighted by atomic mass is 32.2. The molecule has 0 saturated carbocycles. The van der Waals surface area contributed by atoms with E-state index in [2.05, 4.69) is 4.90 Å². The van der Waals surface area contributed by atoms with Gasteiger partial charge in [-0.2, -0.15) is 4.31 Å². The molecule has 0 bridgehead atoms. The van der Waals surface area contributed by atoms with Crippen molar-refractivity contribution >= 4 is 15.7 Å². The van der Waals surface area contributed by atoms with Gasteiger partial charge in [-0.05, 0) is 25.3 Å². The van der Waals surface area contributed by atoms with E-state index in [4.69, 9.17) is 4.74 Å². The molecule has 0 radical (unpaired) electrons. The zero-order valence-electron chi connectivity index (χ0n) is 14.0. The van der Waals surface area contributed by atoms with Gasteiger partial charge < -0.3 is 4.74 Å². The normalized spacial score (nSPS) is 23.4. The average molecular weight is 369 g/mol. The first-order chi connectivity index (χ1) is 12.0. The number of benzene rings is 1. The predicted molar refractivity (Wildman–Crippen MR) is 91.9 cm³/mol. The Kier molecular flexibility index (Phi) is 5.67. The van der Waals surface area contributed by atoms with Crippen LogP contribution in [0.3, 0.4) is 0 Å². The molecule has 2 saturated heterocycles. The fraction of sp³-hybridized carbons (Fsp3) is 0.625. The fourth-order valence-electron chi connectivity index (χ4n) is 3.36. The Morgan fingerprint density at radius 1 is 1.16 bits per heavy atom. The Labute approximate surface area is 147 Å². The van der Waals surface area contributed by atoms with E-state index in [1.807, 2.05) is 0 Å². The molecule has 25 heavy (non-hydrogen) atoms. The summed E-state index contributed by atoms with van der Waals surface area (Å²) in [5.41, 5.74) is -0.375. The highest BCUT2D eigenvalue weighted by Gasteiger charge is 2.33. The lowest BCUT2D eigenvalue weighted by Gasteiger charge is -2.36. The van der Waals surface area contributed by atoms with Gasteiger partial charge in [0.25, 0.3) is 5.69 Å². The smallest absolute Gasteiger partial charge is 0.289 e. The maximum atomic E-state index is 12.8. The zero-order chi connectivity index (χ0) is 17.9. The Bertz CT molecular complexity index is 710. The molecular formula is C16H23N3O5S. The number of rotatable bonds is 5. The largest absolute Gasteiger partial charge is 0.377 e. The van der Waals surface area contributed by atoms with E-state index >= 15 is 0 Å². The number of sulfonamides is 1. The first-order valence-electron chi connectivity index (χ1n) is 8.56. The topological polar surface area (TPSA) is 93.0 Å². The van der Waals surface area contributed by atoms with E-state index < -0.39 is 14.9 Å². The van der Waals surface area contributed by atoms with Crippen molar-refractivity contribution in [1.82, 2.24) is 9.21 Å². The van der Waals surface area contributed by atoms with Crippen molar-refractivity contribution in [3.05, 3.63) is 34.4 Å². The standard InChI is InChI=1S/C16H23N3O5S/c20-19(21)15-6-1-2-7-16(15)25(22,23)18-10-8-17(9-11-18)13-14-5-3-4-12-24-14/h1-2,6-7,14H,3-5,8-13H2/t14-/m0/s1. The van der Waals surface area contributed by atoms with Gasteiger partial charge in [0.2, 0.25) is 10.0 Å². The maximum absolute atomic E-state index is 12.8. The van der Waals surface area contributed by atoms with Crippen molar-refractivity contribution in [3.8, 4) is 0 Å². The molecule has 1 aromatic rings. The van der Waals surface area contributed by atoms with Crippen molar-refractivity contribution in [2.24, 2.45) is 0 Å². The van der Waals surface area contributed by atoms with Crippen LogP contribution in [-0.2, 0) is 14.8 Å². The van der Waals surface area contributed by atoms with E-state index in [0.29, 0.717) is 26.2 Å². The molecule has 2 aliphatic heterocycles. The van der Waals surface area contributed by atoms with Gasteiger partial charge in [0.15, 0.2) is 4.90 Å². The van der Waals surface area contributed by atoms with Crippen LogP contribution in [-0.4, -0.2) is 68.0 Å². The summed E-state index contributed by atoms with van der Waals surface area (Å²) in [4.78, 5) is 12.5. The van der Waals surface area contributed by atoms with Crippen LogP contribution in [0.15, 0.2) is 29.2 Å². The van der Waals surface area contributed by atoms with E-state index in [0.717, 1.165) is 26.0 Å². The van der Waals surface area contributed by atoms with Crippen molar-refractivity contribution in [1.29, 1.82) is 0 Å². The van der Waals surface area contributed by atoms with Crippen LogP contribution in [0.25, 0.3) is 0 Å². The molecule has 0 N–H and O–H groups in total. The van der Waals surface area contributed by atoms with Gasteiger partial charge in [0, 0.05) is 45.4 Å². The van der Waals surface area contributed by atoms with E-state index in [1.165, 1.54) is 35.0 Å². The molecule has 8 nitrogen and oxygen atoms in total. The lowest BCUT2D eigenvalue weighted by atomic mass is 10.1. The van der Waals surface area contributed by atoms with Gasteiger partial charge in [-0.15, -0.1) is 0 Å². The molecule has 9 heteroatoms. The lowest BCUT2D eigenvalue weighted by molar-refractivity contribution is -0.387. The molecule has 0 spiro atoms. The van der Waals surface area contributed by atoms with Crippen LogP contribution in [0.2, 0.25) is 0 Å². The molecule has 0 aromatic heterocycles. The number of para-hydroxylation sites is 1. The molecule has 2 heterocycles. The van der Waals surface area contributed by atoms with Crippen LogP contribution in [0.5, 0.6) is 0 Å². The molecular weight excluding hydrogens is 346 g/mol. The number of hydrogen-bond donors (Lipinski definition) is 0. The molecule has 0 amide bonds. The third-order valence-electron chi connectivity index (χ3n) is 4.75. The molecule has 0 aliphatic carbocycles. The second kappa shape index (κ2) is 7.77. The van der Waals surface area contributed by atoms with Crippen molar-refractivity contribution < 1.29 is 18.1 Å². The Morgan fingerprint density at radius 3 is 2.52 bits per heavy atom. The Hall–Kier alpha value is -1.55. The number of piperazine rings is 1. The average Bonchev–Trinajstić information content (AvgIpc) is 2.63. The summed E-state index contributed by atoms with van der Waals surface area (Å²) in [7, 11) is -3.86. The first-order valence-corrected chi connectivity index (χ1v) is 10.00. The first kappa shape index (κ1) is 18.2. The van der Waals surface area contributed by atoms with E-state index in [1.54, 1.807) is 0 Å². The fourth-order valence-corrected chi connectivity index (χ4v) is 4.94. The summed E-state index contributed by atoms with van der Waals surface area (Å²) in [6, 6.07) is 5.51. The highest BCUT2D eigenvalue weighted by Crippen LogP contribution is 2.27. The minimum atomic E-state index is -3.86. The lowest BCUT2D eigenvalue weighted by Crippen LogP contribution is -2.50. The van der Waals surface area contributed by atoms with Gasteiger partial charge in [0.05, 0.1) is 11.0 Å². The van der Waals surface area contributed by atoms with E-state index in [9.17, 15) is 18.5 Å². The number of nitro benzene ring substituents is 1. The summed E-state index contributed by atoms with van der Waals surface area (Å²) in [5.74, 6) is 0. The number of nitro groups is 1. The molecule has 3 rings (SSSR count). The SMILES string of the molecule is O=[N+]([O-])c1ccccc1S(=O)(=O)N1CCN(C[C@@H]2CCCCO2)CC1. The van der Waals surface area contributed by atoms with Gasteiger partial charge in [-0.1, -0.05) is 12.1 Å². The third kappa shape index (κ3) is 4.17. The number of ether oxygens (including phenoxy) is 1. The summed E-state index contributed by atoms with van der Waals surface area (Å²) < 4.78 is 32.7. The van der Waals surface area contributed by atoms with Crippen molar-refractivity contribution in [2.75, 3.05) is 39.3 Å². The van der Waals surface area contributed by atoms with Crippen LogP contribution < -0.4 is 0 Å². The molecule has 1 atom stereocenters.